The maximum Gasteiger partial charge on any atom is 0.303 e. The van der Waals surface area contributed by atoms with Gasteiger partial charge in [0.05, 0.1) is 0 Å². The summed E-state index contributed by atoms with van der Waals surface area (Å²) in [6.07, 6.45) is 4.26. The summed E-state index contributed by atoms with van der Waals surface area (Å²) >= 11 is 0. The van der Waals surface area contributed by atoms with E-state index in [0.29, 0.717) is 18.3 Å². The van der Waals surface area contributed by atoms with Crippen LogP contribution in [0, 0.1) is 5.92 Å². The van der Waals surface area contributed by atoms with E-state index in [1.165, 1.54) is 0 Å². The molecule has 0 radical (unpaired) electrons. The standard InChI is InChI=1S/C13H18N2O3/c1-9(7-12(16)17)8-14-13(18)11-3-2-6-15(11)10-4-5-10/h2-3,6,9-10H,4-5,7-8H2,1H3,(H,14,18)(H,16,17). The summed E-state index contributed by atoms with van der Waals surface area (Å²) in [5.41, 5.74) is 0.667. The highest BCUT2D eigenvalue weighted by Crippen LogP contribution is 2.35. The van der Waals surface area contributed by atoms with Crippen LogP contribution < -0.4 is 5.32 Å². The Morgan fingerprint density at radius 2 is 2.28 bits per heavy atom. The van der Waals surface area contributed by atoms with Gasteiger partial charge in [-0.15, -0.1) is 0 Å². The number of hydrogen-bond acceptors (Lipinski definition) is 2. The molecule has 1 saturated carbocycles. The van der Waals surface area contributed by atoms with Crippen molar-refractivity contribution in [1.29, 1.82) is 0 Å². The Morgan fingerprint density at radius 1 is 1.56 bits per heavy atom. The first-order valence-electron chi connectivity index (χ1n) is 6.24. The van der Waals surface area contributed by atoms with Crippen LogP contribution >= 0.6 is 0 Å². The fraction of sp³-hybridized carbons (Fsp3) is 0.538. The molecule has 1 aliphatic rings. The van der Waals surface area contributed by atoms with E-state index < -0.39 is 5.97 Å². The maximum absolute atomic E-state index is 12.0. The number of nitrogens with zero attached hydrogens (tertiary/aromatic N) is 1. The molecule has 18 heavy (non-hydrogen) atoms. The molecule has 1 fully saturated rings. The normalized spacial score (nSPS) is 16.3. The van der Waals surface area contributed by atoms with Crippen molar-refractivity contribution in [2.75, 3.05) is 6.54 Å². The van der Waals surface area contributed by atoms with Crippen LogP contribution in [0.5, 0.6) is 0 Å². The van der Waals surface area contributed by atoms with Crippen molar-refractivity contribution in [3.05, 3.63) is 24.0 Å². The predicted molar refractivity (Wildman–Crippen MR) is 66.5 cm³/mol. The second-order valence-corrected chi connectivity index (χ2v) is 4.94. The Kier molecular flexibility index (Phi) is 3.69. The first kappa shape index (κ1) is 12.7. The summed E-state index contributed by atoms with van der Waals surface area (Å²) in [5.74, 6) is -1.02. The minimum absolute atomic E-state index is 0.0595. The second kappa shape index (κ2) is 5.25. The number of nitrogens with one attached hydrogen (secondary N) is 1. The van der Waals surface area contributed by atoms with Crippen LogP contribution in [0.1, 0.15) is 42.7 Å². The molecule has 1 aromatic rings. The van der Waals surface area contributed by atoms with Crippen molar-refractivity contribution in [1.82, 2.24) is 9.88 Å². The molecule has 0 spiro atoms. The third-order valence-electron chi connectivity index (χ3n) is 3.09. The topological polar surface area (TPSA) is 71.3 Å². The van der Waals surface area contributed by atoms with Crippen LogP contribution in [0.2, 0.25) is 0 Å². The van der Waals surface area contributed by atoms with Crippen LogP contribution in [0.25, 0.3) is 0 Å². The van der Waals surface area contributed by atoms with Crippen LogP contribution in [0.15, 0.2) is 18.3 Å². The van der Waals surface area contributed by atoms with E-state index >= 15 is 0 Å². The lowest BCUT2D eigenvalue weighted by atomic mass is 10.1. The molecule has 98 valence electrons. The fourth-order valence-electron chi connectivity index (χ4n) is 1.99. The highest BCUT2D eigenvalue weighted by molar-refractivity contribution is 5.92. The zero-order valence-electron chi connectivity index (χ0n) is 10.4. The van der Waals surface area contributed by atoms with E-state index in [1.54, 1.807) is 6.07 Å². The molecule has 2 rings (SSSR count). The monoisotopic (exact) mass is 250 g/mol. The molecular weight excluding hydrogens is 232 g/mol. The van der Waals surface area contributed by atoms with E-state index in [1.807, 2.05) is 23.8 Å². The van der Waals surface area contributed by atoms with Crippen molar-refractivity contribution in [2.24, 2.45) is 5.92 Å². The lowest BCUT2D eigenvalue weighted by molar-refractivity contribution is -0.137. The van der Waals surface area contributed by atoms with Crippen LogP contribution in [0.3, 0.4) is 0 Å². The lowest BCUT2D eigenvalue weighted by Crippen LogP contribution is -2.30. The molecule has 0 saturated heterocycles. The first-order chi connectivity index (χ1) is 8.58. The van der Waals surface area contributed by atoms with E-state index in [-0.39, 0.29) is 18.2 Å². The summed E-state index contributed by atoms with van der Waals surface area (Å²) in [6, 6.07) is 4.14. The molecule has 2 N–H and O–H groups in total. The summed E-state index contributed by atoms with van der Waals surface area (Å²) in [5, 5.41) is 11.4. The summed E-state index contributed by atoms with van der Waals surface area (Å²) < 4.78 is 2.00. The third-order valence-corrected chi connectivity index (χ3v) is 3.09. The molecule has 5 heteroatoms. The lowest BCUT2D eigenvalue weighted by Gasteiger charge is -2.12. The SMILES string of the molecule is CC(CNC(=O)c1cccn1C1CC1)CC(=O)O. The number of rotatable bonds is 6. The van der Waals surface area contributed by atoms with Crippen LogP contribution in [-0.2, 0) is 4.79 Å². The molecule has 0 aliphatic heterocycles. The second-order valence-electron chi connectivity index (χ2n) is 4.94. The predicted octanol–water partition coefficient (Wildman–Crippen LogP) is 1.66. The molecule has 1 amide bonds. The van der Waals surface area contributed by atoms with Gasteiger partial charge in [0.25, 0.3) is 5.91 Å². The molecule has 1 atom stereocenters. The van der Waals surface area contributed by atoms with Gasteiger partial charge < -0.3 is 15.0 Å². The fourth-order valence-corrected chi connectivity index (χ4v) is 1.99. The van der Waals surface area contributed by atoms with Gasteiger partial charge in [0.1, 0.15) is 5.69 Å². The van der Waals surface area contributed by atoms with E-state index in [2.05, 4.69) is 5.32 Å². The van der Waals surface area contributed by atoms with Gasteiger partial charge in [-0.05, 0) is 30.9 Å². The van der Waals surface area contributed by atoms with Crippen LogP contribution in [-0.4, -0.2) is 28.1 Å². The molecule has 0 aromatic carbocycles. The van der Waals surface area contributed by atoms with Crippen molar-refractivity contribution in [2.45, 2.75) is 32.2 Å². The van der Waals surface area contributed by atoms with Gasteiger partial charge in [0, 0.05) is 25.2 Å². The van der Waals surface area contributed by atoms with Gasteiger partial charge >= 0.3 is 5.97 Å². The van der Waals surface area contributed by atoms with Gasteiger partial charge in [0.15, 0.2) is 0 Å². The minimum atomic E-state index is -0.835. The molecular formula is C13H18N2O3. The van der Waals surface area contributed by atoms with Gasteiger partial charge in [-0.1, -0.05) is 6.92 Å². The molecule has 1 aromatic heterocycles. The molecule has 1 aliphatic carbocycles. The van der Waals surface area contributed by atoms with Crippen molar-refractivity contribution in [3.8, 4) is 0 Å². The molecule has 0 bridgehead atoms. The molecule has 5 nitrogen and oxygen atoms in total. The average Bonchev–Trinajstić information content (AvgIpc) is 3.03. The van der Waals surface area contributed by atoms with Crippen LogP contribution in [0.4, 0.5) is 0 Å². The maximum atomic E-state index is 12.0. The first-order valence-corrected chi connectivity index (χ1v) is 6.24. The Bertz CT molecular complexity index is 449. The highest BCUT2D eigenvalue weighted by atomic mass is 16.4. The van der Waals surface area contributed by atoms with Gasteiger partial charge in [-0.3, -0.25) is 9.59 Å². The number of amides is 1. The number of carbonyl (C=O) groups is 2. The summed E-state index contributed by atoms with van der Waals surface area (Å²) in [4.78, 5) is 22.5. The van der Waals surface area contributed by atoms with E-state index in [0.717, 1.165) is 12.8 Å². The van der Waals surface area contributed by atoms with Crippen molar-refractivity contribution < 1.29 is 14.7 Å². The van der Waals surface area contributed by atoms with Gasteiger partial charge in [0.2, 0.25) is 0 Å². The smallest absolute Gasteiger partial charge is 0.303 e. The number of hydrogen-bond donors (Lipinski definition) is 2. The Morgan fingerprint density at radius 3 is 2.89 bits per heavy atom. The summed E-state index contributed by atoms with van der Waals surface area (Å²) in [6.45, 7) is 2.20. The molecule has 1 unspecified atom stereocenters. The van der Waals surface area contributed by atoms with Gasteiger partial charge in [-0.25, -0.2) is 0 Å². The quantitative estimate of drug-likeness (QED) is 0.806. The Hall–Kier alpha value is -1.78. The minimum Gasteiger partial charge on any atom is -0.481 e. The zero-order chi connectivity index (χ0) is 13.1. The van der Waals surface area contributed by atoms with Crippen molar-refractivity contribution >= 4 is 11.9 Å². The third kappa shape index (κ3) is 3.12. The number of aliphatic carboxylic acids is 1. The number of aromatic nitrogens is 1. The van der Waals surface area contributed by atoms with E-state index in [4.69, 9.17) is 5.11 Å². The van der Waals surface area contributed by atoms with Crippen molar-refractivity contribution in [3.63, 3.8) is 0 Å². The van der Waals surface area contributed by atoms with E-state index in [9.17, 15) is 9.59 Å². The molecule has 1 heterocycles. The Balaban J connectivity index is 1.87. The number of carbonyl (C=O) groups excluding carboxylic acids is 1. The van der Waals surface area contributed by atoms with Gasteiger partial charge in [-0.2, -0.15) is 0 Å². The largest absolute Gasteiger partial charge is 0.481 e. The average molecular weight is 250 g/mol. The summed E-state index contributed by atoms with van der Waals surface area (Å²) in [7, 11) is 0. The zero-order valence-corrected chi connectivity index (χ0v) is 10.4. The number of carboxylic acid groups (broad SMARTS) is 1. The highest BCUT2D eigenvalue weighted by Gasteiger charge is 2.26. The number of carboxylic acids is 1. The Labute approximate surface area is 106 Å².